The summed E-state index contributed by atoms with van der Waals surface area (Å²) in [6, 6.07) is 4.01. The van der Waals surface area contributed by atoms with Crippen molar-refractivity contribution in [3.63, 3.8) is 0 Å². The molecule has 0 spiro atoms. The molecule has 1 aromatic rings. The van der Waals surface area contributed by atoms with Crippen LogP contribution in [0.4, 0.5) is 5.69 Å². The van der Waals surface area contributed by atoms with E-state index in [0.29, 0.717) is 6.79 Å². The fourth-order valence-corrected chi connectivity index (χ4v) is 2.16. The second kappa shape index (κ2) is 4.69. The minimum Gasteiger partial charge on any atom is -0.454 e. The van der Waals surface area contributed by atoms with Crippen LogP contribution >= 0.6 is 0 Å². The zero-order valence-electron chi connectivity index (χ0n) is 11.5. The van der Waals surface area contributed by atoms with Crippen LogP contribution in [0.1, 0.15) is 25.8 Å². The predicted octanol–water partition coefficient (Wildman–Crippen LogP) is 2.32. The molecule has 0 fully saturated rings. The molecule has 0 bridgehead atoms. The Bertz CT molecular complexity index is 443. The van der Waals surface area contributed by atoms with Crippen molar-refractivity contribution in [2.24, 2.45) is 0 Å². The van der Waals surface area contributed by atoms with Gasteiger partial charge in [-0.2, -0.15) is 0 Å². The summed E-state index contributed by atoms with van der Waals surface area (Å²) in [6.45, 7) is 6.77. The molecule has 1 aromatic carbocycles. The van der Waals surface area contributed by atoms with Crippen molar-refractivity contribution in [2.45, 2.75) is 32.7 Å². The van der Waals surface area contributed by atoms with Crippen LogP contribution in [0.15, 0.2) is 12.1 Å². The maximum absolute atomic E-state index is 9.15. The van der Waals surface area contributed by atoms with Crippen molar-refractivity contribution < 1.29 is 14.6 Å². The van der Waals surface area contributed by atoms with E-state index in [1.54, 1.807) is 0 Å². The number of benzene rings is 1. The fourth-order valence-electron chi connectivity index (χ4n) is 2.16. The van der Waals surface area contributed by atoms with Crippen molar-refractivity contribution in [3.05, 3.63) is 17.7 Å². The first-order chi connectivity index (χ1) is 8.45. The van der Waals surface area contributed by atoms with Crippen molar-refractivity contribution in [1.29, 1.82) is 0 Å². The van der Waals surface area contributed by atoms with Gasteiger partial charge in [-0.1, -0.05) is 0 Å². The Kier molecular flexibility index (Phi) is 3.39. The highest BCUT2D eigenvalue weighted by Crippen LogP contribution is 2.39. The number of hydrogen-bond acceptors (Lipinski definition) is 4. The second-order valence-corrected chi connectivity index (χ2v) is 5.34. The minimum absolute atomic E-state index is 0.104. The third kappa shape index (κ3) is 2.25. The van der Waals surface area contributed by atoms with E-state index in [1.165, 1.54) is 0 Å². The Morgan fingerprint density at radius 3 is 2.50 bits per heavy atom. The molecule has 100 valence electrons. The summed E-state index contributed by atoms with van der Waals surface area (Å²) >= 11 is 0. The highest BCUT2D eigenvalue weighted by molar-refractivity contribution is 5.63. The summed E-state index contributed by atoms with van der Waals surface area (Å²) in [7, 11) is 2.04. The van der Waals surface area contributed by atoms with Crippen LogP contribution in [0, 0.1) is 6.92 Å². The Morgan fingerprint density at radius 1 is 1.28 bits per heavy atom. The van der Waals surface area contributed by atoms with Gasteiger partial charge in [0.1, 0.15) is 0 Å². The third-order valence-corrected chi connectivity index (χ3v) is 3.68. The molecular formula is C14H21NO3. The van der Waals surface area contributed by atoms with Crippen LogP contribution in [0.5, 0.6) is 11.5 Å². The standard InChI is InChI=1S/C14H21NO3/c1-10-7-12-13(18-9-17-12)8-11(10)15(4)14(2,3)5-6-16/h7-8,16H,5-6,9H2,1-4H3. The highest BCUT2D eigenvalue weighted by atomic mass is 16.7. The van der Waals surface area contributed by atoms with E-state index in [4.69, 9.17) is 14.6 Å². The summed E-state index contributed by atoms with van der Waals surface area (Å²) in [5, 5.41) is 9.15. The maximum atomic E-state index is 9.15. The Hall–Kier alpha value is -1.42. The van der Waals surface area contributed by atoms with Crippen LogP contribution in [0.2, 0.25) is 0 Å². The first-order valence-electron chi connectivity index (χ1n) is 6.20. The topological polar surface area (TPSA) is 41.9 Å². The summed E-state index contributed by atoms with van der Waals surface area (Å²) in [5.74, 6) is 1.60. The largest absolute Gasteiger partial charge is 0.454 e. The van der Waals surface area contributed by atoms with Gasteiger partial charge in [-0.25, -0.2) is 0 Å². The van der Waals surface area contributed by atoms with E-state index in [-0.39, 0.29) is 12.1 Å². The first kappa shape index (κ1) is 13.0. The molecule has 0 radical (unpaired) electrons. The third-order valence-electron chi connectivity index (χ3n) is 3.68. The van der Waals surface area contributed by atoms with Crippen molar-refractivity contribution >= 4 is 5.69 Å². The molecule has 0 unspecified atom stereocenters. The Labute approximate surface area is 108 Å². The molecule has 0 saturated carbocycles. The van der Waals surface area contributed by atoms with Gasteiger partial charge in [0.25, 0.3) is 0 Å². The lowest BCUT2D eigenvalue weighted by Crippen LogP contribution is -2.42. The zero-order valence-corrected chi connectivity index (χ0v) is 11.5. The molecule has 4 nitrogen and oxygen atoms in total. The molecule has 0 saturated heterocycles. The van der Waals surface area contributed by atoms with Gasteiger partial charge in [0.2, 0.25) is 6.79 Å². The van der Waals surface area contributed by atoms with Gasteiger partial charge >= 0.3 is 0 Å². The summed E-state index contributed by atoms with van der Waals surface area (Å²) in [6.07, 6.45) is 0.720. The van der Waals surface area contributed by atoms with Crippen LogP contribution in [-0.2, 0) is 0 Å². The number of rotatable bonds is 4. The van der Waals surface area contributed by atoms with Gasteiger partial charge < -0.3 is 19.5 Å². The van der Waals surface area contributed by atoms with E-state index in [1.807, 2.05) is 19.2 Å². The number of ether oxygens (including phenoxy) is 2. The van der Waals surface area contributed by atoms with E-state index in [2.05, 4.69) is 25.7 Å². The number of aryl methyl sites for hydroxylation is 1. The van der Waals surface area contributed by atoms with Gasteiger partial charge in [0, 0.05) is 30.9 Å². The summed E-state index contributed by atoms with van der Waals surface area (Å²) in [4.78, 5) is 2.18. The van der Waals surface area contributed by atoms with Gasteiger partial charge in [0.15, 0.2) is 11.5 Å². The van der Waals surface area contributed by atoms with Gasteiger partial charge in [-0.05, 0) is 38.8 Å². The second-order valence-electron chi connectivity index (χ2n) is 5.34. The lowest BCUT2D eigenvalue weighted by molar-refractivity contribution is 0.174. The van der Waals surface area contributed by atoms with E-state index in [0.717, 1.165) is 29.2 Å². The first-order valence-corrected chi connectivity index (χ1v) is 6.20. The lowest BCUT2D eigenvalue weighted by atomic mass is 9.97. The predicted molar refractivity (Wildman–Crippen MR) is 71.5 cm³/mol. The lowest BCUT2D eigenvalue weighted by Gasteiger charge is -2.38. The number of nitrogens with zero attached hydrogens (tertiary/aromatic N) is 1. The molecule has 0 atom stereocenters. The van der Waals surface area contributed by atoms with Crippen LogP contribution < -0.4 is 14.4 Å². The molecule has 2 rings (SSSR count). The van der Waals surface area contributed by atoms with E-state index < -0.39 is 0 Å². The van der Waals surface area contributed by atoms with Crippen LogP contribution in [-0.4, -0.2) is 31.1 Å². The molecule has 0 aromatic heterocycles. The SMILES string of the molecule is Cc1cc2c(cc1N(C)C(C)(C)CCO)OCO2. The number of aliphatic hydroxyl groups is 1. The quantitative estimate of drug-likeness (QED) is 0.891. The van der Waals surface area contributed by atoms with Crippen molar-refractivity contribution in [3.8, 4) is 11.5 Å². The maximum Gasteiger partial charge on any atom is 0.231 e. The zero-order chi connectivity index (χ0) is 13.3. The van der Waals surface area contributed by atoms with Gasteiger partial charge in [-0.3, -0.25) is 0 Å². The molecule has 0 amide bonds. The number of aliphatic hydroxyl groups excluding tert-OH is 1. The molecule has 1 aliphatic heterocycles. The summed E-state index contributed by atoms with van der Waals surface area (Å²) < 4.78 is 10.8. The van der Waals surface area contributed by atoms with Crippen molar-refractivity contribution in [1.82, 2.24) is 0 Å². The minimum atomic E-state index is -0.104. The number of anilines is 1. The van der Waals surface area contributed by atoms with Crippen LogP contribution in [0.3, 0.4) is 0 Å². The average molecular weight is 251 g/mol. The molecule has 1 heterocycles. The smallest absolute Gasteiger partial charge is 0.231 e. The molecule has 1 N–H and O–H groups in total. The van der Waals surface area contributed by atoms with Gasteiger partial charge in [0.05, 0.1) is 0 Å². The Balaban J connectivity index is 2.33. The molecule has 0 aliphatic carbocycles. The molecule has 4 heteroatoms. The normalized spacial score (nSPS) is 13.8. The monoisotopic (exact) mass is 251 g/mol. The van der Waals surface area contributed by atoms with E-state index >= 15 is 0 Å². The van der Waals surface area contributed by atoms with Crippen LogP contribution in [0.25, 0.3) is 0 Å². The Morgan fingerprint density at radius 2 is 1.89 bits per heavy atom. The highest BCUT2D eigenvalue weighted by Gasteiger charge is 2.26. The van der Waals surface area contributed by atoms with Crippen molar-refractivity contribution in [2.75, 3.05) is 25.3 Å². The number of fused-ring (bicyclic) bond motifs is 1. The molecule has 18 heavy (non-hydrogen) atoms. The summed E-state index contributed by atoms with van der Waals surface area (Å²) in [5.41, 5.74) is 2.15. The fraction of sp³-hybridized carbons (Fsp3) is 0.571. The van der Waals surface area contributed by atoms with Gasteiger partial charge in [-0.15, -0.1) is 0 Å². The average Bonchev–Trinajstić information content (AvgIpc) is 2.73. The number of hydrogen-bond donors (Lipinski definition) is 1. The van der Waals surface area contributed by atoms with E-state index in [9.17, 15) is 0 Å². The molecular weight excluding hydrogens is 230 g/mol. The molecule has 1 aliphatic rings.